The van der Waals surface area contributed by atoms with Gasteiger partial charge >= 0.3 is 0 Å². The molecule has 0 saturated carbocycles. The van der Waals surface area contributed by atoms with E-state index >= 15 is 0 Å². The highest BCUT2D eigenvalue weighted by molar-refractivity contribution is 7.80. The number of anilines is 2. The summed E-state index contributed by atoms with van der Waals surface area (Å²) >= 11 is 11.5. The van der Waals surface area contributed by atoms with Crippen molar-refractivity contribution in [2.45, 2.75) is 26.3 Å². The highest BCUT2D eigenvalue weighted by Gasteiger charge is 2.20. The topological polar surface area (TPSA) is 75.5 Å². The maximum atomic E-state index is 6.04. The molecule has 4 aromatic rings. The average Bonchev–Trinajstić information content (AvgIpc) is 3.37. The van der Waals surface area contributed by atoms with Crippen LogP contribution >= 0.6 is 23.8 Å². The third-order valence-corrected chi connectivity index (χ3v) is 6.57. The Morgan fingerprint density at radius 3 is 2.70 bits per heavy atom. The van der Waals surface area contributed by atoms with Crippen molar-refractivity contribution < 1.29 is 9.15 Å². The van der Waals surface area contributed by atoms with Gasteiger partial charge in [0.2, 0.25) is 11.8 Å². The minimum atomic E-state index is 0.375. The van der Waals surface area contributed by atoms with Crippen LogP contribution in [0.1, 0.15) is 25.5 Å². The predicted molar refractivity (Wildman–Crippen MR) is 151 cm³/mol. The number of thiocarbonyl (C=S) groups is 1. The second-order valence-corrected chi connectivity index (χ2v) is 9.92. The standard InChI is InChI=1S/C28H28ClN5O2S/c1-19-6-5-15-34(18-19)25-16-26(36-22-7-3-2-4-8-22)32-27(31-25)33-28(37)30-17-23-13-14-24(35-23)20-9-11-21(29)12-10-20/h2-4,7-14,16,19H,5-6,15,17-18H2,1H3,(H2,30,31,32,33,37)/t19-/m1/s1. The van der Waals surface area contributed by atoms with Crippen molar-refractivity contribution in [3.8, 4) is 23.0 Å². The van der Waals surface area contributed by atoms with Crippen LogP contribution in [0.2, 0.25) is 5.02 Å². The fourth-order valence-corrected chi connectivity index (χ4v) is 4.53. The number of hydrogen-bond donors (Lipinski definition) is 2. The SMILES string of the molecule is C[C@@H]1CCCN(c2cc(Oc3ccccc3)nc(NC(=S)NCc3ccc(-c4ccc(Cl)cc4)o3)n2)C1. The van der Waals surface area contributed by atoms with E-state index in [0.717, 1.165) is 42.4 Å². The number of hydrogen-bond acceptors (Lipinski definition) is 6. The molecular formula is C28H28ClN5O2S. The van der Waals surface area contributed by atoms with E-state index < -0.39 is 0 Å². The first-order valence-corrected chi connectivity index (χ1v) is 13.1. The van der Waals surface area contributed by atoms with E-state index in [-0.39, 0.29) is 0 Å². The zero-order valence-electron chi connectivity index (χ0n) is 20.5. The van der Waals surface area contributed by atoms with E-state index in [1.165, 1.54) is 6.42 Å². The smallest absolute Gasteiger partial charge is 0.234 e. The molecule has 0 aliphatic carbocycles. The van der Waals surface area contributed by atoms with Gasteiger partial charge in [0, 0.05) is 29.7 Å². The molecule has 37 heavy (non-hydrogen) atoms. The number of ether oxygens (including phenoxy) is 1. The fourth-order valence-electron chi connectivity index (χ4n) is 4.25. The Hall–Kier alpha value is -3.62. The van der Waals surface area contributed by atoms with Crippen LogP contribution in [0.3, 0.4) is 0 Å². The molecule has 5 rings (SSSR count). The summed E-state index contributed by atoms with van der Waals surface area (Å²) < 4.78 is 12.0. The molecule has 1 aliphatic rings. The van der Waals surface area contributed by atoms with Crippen LogP contribution in [-0.2, 0) is 6.54 Å². The summed E-state index contributed by atoms with van der Waals surface area (Å²) in [5.41, 5.74) is 0.958. The minimum Gasteiger partial charge on any atom is -0.459 e. The normalized spacial score (nSPS) is 15.3. The number of furan rings is 1. The molecule has 0 radical (unpaired) electrons. The van der Waals surface area contributed by atoms with Gasteiger partial charge in [0.05, 0.1) is 6.54 Å². The van der Waals surface area contributed by atoms with Crippen molar-refractivity contribution in [2.75, 3.05) is 23.3 Å². The lowest BCUT2D eigenvalue weighted by molar-refractivity contribution is 0.440. The first-order valence-electron chi connectivity index (χ1n) is 12.3. The number of benzene rings is 2. The largest absolute Gasteiger partial charge is 0.459 e. The third-order valence-electron chi connectivity index (χ3n) is 6.07. The summed E-state index contributed by atoms with van der Waals surface area (Å²) in [6.07, 6.45) is 2.35. The maximum absolute atomic E-state index is 6.04. The first-order chi connectivity index (χ1) is 18.0. The number of para-hydroxylation sites is 1. The summed E-state index contributed by atoms with van der Waals surface area (Å²) in [4.78, 5) is 11.6. The highest BCUT2D eigenvalue weighted by Crippen LogP contribution is 2.28. The van der Waals surface area contributed by atoms with Crippen LogP contribution in [0.4, 0.5) is 11.8 Å². The molecular weight excluding hydrogens is 506 g/mol. The van der Waals surface area contributed by atoms with Crippen LogP contribution in [0, 0.1) is 5.92 Å². The highest BCUT2D eigenvalue weighted by atomic mass is 35.5. The molecule has 0 spiro atoms. The maximum Gasteiger partial charge on any atom is 0.234 e. The van der Waals surface area contributed by atoms with Crippen LogP contribution in [-0.4, -0.2) is 28.2 Å². The molecule has 0 bridgehead atoms. The number of halogens is 1. The Kier molecular flexibility index (Phi) is 7.87. The first kappa shape index (κ1) is 25.0. The Bertz CT molecular complexity index is 1350. The van der Waals surface area contributed by atoms with E-state index in [2.05, 4.69) is 27.4 Å². The van der Waals surface area contributed by atoms with Gasteiger partial charge in [0.15, 0.2) is 5.11 Å². The molecule has 1 saturated heterocycles. The summed E-state index contributed by atoms with van der Waals surface area (Å²) in [6.45, 7) is 4.57. The van der Waals surface area contributed by atoms with Gasteiger partial charge in [-0.25, -0.2) is 0 Å². The van der Waals surface area contributed by atoms with Gasteiger partial charge in [-0.1, -0.05) is 36.7 Å². The monoisotopic (exact) mass is 533 g/mol. The summed E-state index contributed by atoms with van der Waals surface area (Å²) in [5.74, 6) is 4.48. The minimum absolute atomic E-state index is 0.375. The van der Waals surface area contributed by atoms with Crippen molar-refractivity contribution in [2.24, 2.45) is 5.92 Å². The van der Waals surface area contributed by atoms with Crippen molar-refractivity contribution in [1.82, 2.24) is 15.3 Å². The Morgan fingerprint density at radius 2 is 1.92 bits per heavy atom. The Labute approximate surface area is 226 Å². The molecule has 2 aromatic carbocycles. The van der Waals surface area contributed by atoms with Crippen molar-refractivity contribution in [1.29, 1.82) is 0 Å². The second kappa shape index (κ2) is 11.6. The van der Waals surface area contributed by atoms with E-state index in [1.54, 1.807) is 0 Å². The molecule has 1 fully saturated rings. The van der Waals surface area contributed by atoms with E-state index in [9.17, 15) is 0 Å². The van der Waals surface area contributed by atoms with Gasteiger partial charge in [-0.3, -0.25) is 0 Å². The Balaban J connectivity index is 1.27. The lowest BCUT2D eigenvalue weighted by Gasteiger charge is -2.32. The molecule has 1 atom stereocenters. The molecule has 0 unspecified atom stereocenters. The summed E-state index contributed by atoms with van der Waals surface area (Å²) in [5, 5.41) is 7.35. The van der Waals surface area contributed by atoms with Crippen LogP contribution < -0.4 is 20.3 Å². The zero-order chi connectivity index (χ0) is 25.6. The molecule has 2 N–H and O–H groups in total. The van der Waals surface area contributed by atoms with Crippen molar-refractivity contribution >= 4 is 40.7 Å². The van der Waals surface area contributed by atoms with Crippen LogP contribution in [0.5, 0.6) is 11.6 Å². The van der Waals surface area contributed by atoms with E-state index in [4.69, 9.17) is 38.0 Å². The third kappa shape index (κ3) is 6.78. The van der Waals surface area contributed by atoms with Crippen LogP contribution in [0.15, 0.2) is 77.2 Å². The van der Waals surface area contributed by atoms with E-state index in [1.807, 2.05) is 72.8 Å². The average molecular weight is 534 g/mol. The predicted octanol–water partition coefficient (Wildman–Crippen LogP) is 6.91. The molecule has 7 nitrogen and oxygen atoms in total. The van der Waals surface area contributed by atoms with Gasteiger partial charge in [-0.2, -0.15) is 9.97 Å². The van der Waals surface area contributed by atoms with Gasteiger partial charge in [-0.05, 0) is 79.5 Å². The molecule has 2 aromatic heterocycles. The number of aromatic nitrogens is 2. The van der Waals surface area contributed by atoms with Crippen molar-refractivity contribution in [3.63, 3.8) is 0 Å². The number of rotatable bonds is 7. The number of piperidine rings is 1. The van der Waals surface area contributed by atoms with Gasteiger partial charge < -0.3 is 24.7 Å². The quantitative estimate of drug-likeness (QED) is 0.248. The summed E-state index contributed by atoms with van der Waals surface area (Å²) in [6, 6.07) is 22.8. The molecule has 0 amide bonds. The lowest BCUT2D eigenvalue weighted by atomic mass is 10.0. The van der Waals surface area contributed by atoms with Gasteiger partial charge in [0.1, 0.15) is 23.1 Å². The van der Waals surface area contributed by atoms with E-state index in [0.29, 0.717) is 40.2 Å². The molecule has 1 aliphatic heterocycles. The second-order valence-electron chi connectivity index (χ2n) is 9.08. The summed E-state index contributed by atoms with van der Waals surface area (Å²) in [7, 11) is 0. The zero-order valence-corrected chi connectivity index (χ0v) is 22.1. The molecule has 3 heterocycles. The molecule has 190 valence electrons. The Morgan fingerprint density at radius 1 is 1.11 bits per heavy atom. The van der Waals surface area contributed by atoms with Crippen LogP contribution in [0.25, 0.3) is 11.3 Å². The number of nitrogens with zero attached hydrogens (tertiary/aromatic N) is 3. The lowest BCUT2D eigenvalue weighted by Crippen LogP contribution is -2.35. The number of nitrogens with one attached hydrogen (secondary N) is 2. The van der Waals surface area contributed by atoms with Gasteiger partial charge in [0.25, 0.3) is 0 Å². The van der Waals surface area contributed by atoms with Crippen molar-refractivity contribution in [3.05, 3.63) is 83.6 Å². The fraction of sp³-hybridized carbons (Fsp3) is 0.250. The molecule has 9 heteroatoms. The van der Waals surface area contributed by atoms with Gasteiger partial charge in [-0.15, -0.1) is 0 Å².